The van der Waals surface area contributed by atoms with Crippen molar-refractivity contribution in [3.63, 3.8) is 0 Å². The molecule has 0 amide bonds. The van der Waals surface area contributed by atoms with Crippen molar-refractivity contribution in [3.8, 4) is 11.5 Å². The second-order valence-corrected chi connectivity index (χ2v) is 6.87. The van der Waals surface area contributed by atoms with Crippen molar-refractivity contribution in [1.82, 2.24) is 10.2 Å². The van der Waals surface area contributed by atoms with Crippen molar-refractivity contribution < 1.29 is 9.47 Å². The van der Waals surface area contributed by atoms with Crippen LogP contribution in [-0.2, 0) is 6.54 Å². The zero-order valence-corrected chi connectivity index (χ0v) is 17.8. The summed E-state index contributed by atoms with van der Waals surface area (Å²) in [5.41, 5.74) is 1.65. The molecule has 1 aliphatic heterocycles. The lowest BCUT2D eigenvalue weighted by atomic mass is 9.68. The molecule has 0 aromatic heterocycles. The van der Waals surface area contributed by atoms with Crippen molar-refractivity contribution >= 4 is 29.9 Å². The molecule has 140 valence electrons. The molecule has 2 aliphatic rings. The normalized spacial score (nSPS) is 18.5. The summed E-state index contributed by atoms with van der Waals surface area (Å²) in [5, 5.41) is 3.45. The van der Waals surface area contributed by atoms with Gasteiger partial charge in [-0.05, 0) is 43.7 Å². The average molecular weight is 459 g/mol. The SMILES string of the molecule is CCNC(=NCc1ccc(OC)cc1OC)N1CCC2(CCC2)C1.I. The second-order valence-electron chi connectivity index (χ2n) is 6.87. The van der Waals surface area contributed by atoms with Crippen LogP contribution in [0.4, 0.5) is 0 Å². The van der Waals surface area contributed by atoms with Gasteiger partial charge in [-0.25, -0.2) is 4.99 Å². The van der Waals surface area contributed by atoms with Crippen LogP contribution in [0.25, 0.3) is 0 Å². The number of guanidine groups is 1. The molecule has 3 rings (SSSR count). The Morgan fingerprint density at radius 3 is 2.60 bits per heavy atom. The Balaban J connectivity index is 0.00000225. The number of hydrogen-bond acceptors (Lipinski definition) is 3. The van der Waals surface area contributed by atoms with Gasteiger partial charge < -0.3 is 19.7 Å². The highest BCUT2D eigenvalue weighted by atomic mass is 127. The fourth-order valence-corrected chi connectivity index (χ4v) is 3.77. The predicted octanol–water partition coefficient (Wildman–Crippen LogP) is 3.66. The molecular weight excluding hydrogens is 429 g/mol. The van der Waals surface area contributed by atoms with E-state index >= 15 is 0 Å². The Bertz CT molecular complexity index is 602. The highest BCUT2D eigenvalue weighted by Crippen LogP contribution is 2.47. The van der Waals surface area contributed by atoms with E-state index in [-0.39, 0.29) is 24.0 Å². The second kappa shape index (κ2) is 8.96. The third kappa shape index (κ3) is 4.51. The molecule has 0 radical (unpaired) electrons. The van der Waals surface area contributed by atoms with E-state index in [1.54, 1.807) is 14.2 Å². The van der Waals surface area contributed by atoms with Crippen LogP contribution in [0.2, 0.25) is 0 Å². The molecule has 1 saturated carbocycles. The van der Waals surface area contributed by atoms with Crippen LogP contribution in [0.5, 0.6) is 11.5 Å². The van der Waals surface area contributed by atoms with Crippen LogP contribution in [-0.4, -0.2) is 44.7 Å². The zero-order chi connectivity index (χ0) is 17.0. The van der Waals surface area contributed by atoms with Gasteiger partial charge in [-0.3, -0.25) is 0 Å². The van der Waals surface area contributed by atoms with E-state index in [2.05, 4.69) is 17.1 Å². The largest absolute Gasteiger partial charge is 0.497 e. The quantitative estimate of drug-likeness (QED) is 0.415. The standard InChI is InChI=1S/C19H29N3O2.HI/c1-4-20-18(22-11-10-19(14-22)8-5-9-19)21-13-15-6-7-16(23-2)12-17(15)24-3;/h6-7,12H,4-5,8-11,13-14H2,1-3H3,(H,20,21);1H. The Morgan fingerprint density at radius 2 is 2.04 bits per heavy atom. The molecule has 0 unspecified atom stereocenters. The van der Waals surface area contributed by atoms with Crippen LogP contribution in [0, 0.1) is 5.41 Å². The van der Waals surface area contributed by atoms with Crippen molar-refractivity contribution in [2.75, 3.05) is 33.9 Å². The molecule has 1 aromatic carbocycles. The topological polar surface area (TPSA) is 46.1 Å². The van der Waals surface area contributed by atoms with Crippen LogP contribution >= 0.6 is 24.0 Å². The highest BCUT2D eigenvalue weighted by Gasteiger charge is 2.43. The molecule has 1 aromatic rings. The van der Waals surface area contributed by atoms with E-state index in [9.17, 15) is 0 Å². The van der Waals surface area contributed by atoms with Gasteiger partial charge in [-0.1, -0.05) is 6.42 Å². The molecule has 0 bridgehead atoms. The molecule has 1 spiro atoms. The number of aliphatic imine (C=N–C) groups is 1. The number of hydrogen-bond donors (Lipinski definition) is 1. The molecule has 1 aliphatic carbocycles. The maximum absolute atomic E-state index is 5.48. The lowest BCUT2D eigenvalue weighted by Crippen LogP contribution is -2.42. The van der Waals surface area contributed by atoms with Crippen molar-refractivity contribution in [2.45, 2.75) is 39.2 Å². The molecule has 2 fully saturated rings. The average Bonchev–Trinajstić information content (AvgIpc) is 3.04. The third-order valence-corrected chi connectivity index (χ3v) is 5.38. The Labute approximate surface area is 168 Å². The summed E-state index contributed by atoms with van der Waals surface area (Å²) in [6.07, 6.45) is 5.47. The fraction of sp³-hybridized carbons (Fsp3) is 0.632. The van der Waals surface area contributed by atoms with E-state index in [1.807, 2.05) is 18.2 Å². The van der Waals surface area contributed by atoms with Gasteiger partial charge in [0.1, 0.15) is 11.5 Å². The summed E-state index contributed by atoms with van der Waals surface area (Å²) in [6, 6.07) is 5.90. The number of nitrogens with zero attached hydrogens (tertiary/aromatic N) is 2. The van der Waals surface area contributed by atoms with Crippen LogP contribution < -0.4 is 14.8 Å². The smallest absolute Gasteiger partial charge is 0.194 e. The molecule has 6 heteroatoms. The first-order valence-corrected chi connectivity index (χ1v) is 8.94. The lowest BCUT2D eigenvalue weighted by Gasteiger charge is -2.38. The monoisotopic (exact) mass is 459 g/mol. The summed E-state index contributed by atoms with van der Waals surface area (Å²) in [5.74, 6) is 2.66. The maximum atomic E-state index is 5.48. The first-order valence-electron chi connectivity index (χ1n) is 8.94. The molecule has 1 N–H and O–H groups in total. The van der Waals surface area contributed by atoms with Crippen molar-refractivity contribution in [1.29, 1.82) is 0 Å². The highest BCUT2D eigenvalue weighted by molar-refractivity contribution is 14.0. The number of ether oxygens (including phenoxy) is 2. The molecule has 1 heterocycles. The predicted molar refractivity (Wildman–Crippen MR) is 112 cm³/mol. The van der Waals surface area contributed by atoms with Gasteiger partial charge in [0.15, 0.2) is 5.96 Å². The number of likely N-dealkylation sites (tertiary alicyclic amines) is 1. The van der Waals surface area contributed by atoms with Crippen LogP contribution in [0.3, 0.4) is 0 Å². The summed E-state index contributed by atoms with van der Waals surface area (Å²) < 4.78 is 10.7. The van der Waals surface area contributed by atoms with Crippen molar-refractivity contribution in [2.24, 2.45) is 10.4 Å². The number of rotatable bonds is 5. The van der Waals surface area contributed by atoms with Crippen molar-refractivity contribution in [3.05, 3.63) is 23.8 Å². The minimum Gasteiger partial charge on any atom is -0.497 e. The number of methoxy groups -OCH3 is 2. The van der Waals surface area contributed by atoms with E-state index in [1.165, 1.54) is 25.7 Å². The van der Waals surface area contributed by atoms with E-state index in [0.717, 1.165) is 42.7 Å². The van der Waals surface area contributed by atoms with Gasteiger partial charge >= 0.3 is 0 Å². The summed E-state index contributed by atoms with van der Waals surface area (Å²) >= 11 is 0. The molecule has 1 saturated heterocycles. The molecule has 25 heavy (non-hydrogen) atoms. The summed E-state index contributed by atoms with van der Waals surface area (Å²) in [4.78, 5) is 7.29. The maximum Gasteiger partial charge on any atom is 0.194 e. The van der Waals surface area contributed by atoms with Gasteiger partial charge in [-0.2, -0.15) is 0 Å². The van der Waals surface area contributed by atoms with Crippen LogP contribution in [0.15, 0.2) is 23.2 Å². The minimum absolute atomic E-state index is 0. The Morgan fingerprint density at radius 1 is 1.24 bits per heavy atom. The van der Waals surface area contributed by atoms with Gasteiger partial charge in [0.2, 0.25) is 0 Å². The first-order chi connectivity index (χ1) is 11.7. The molecule has 5 nitrogen and oxygen atoms in total. The summed E-state index contributed by atoms with van der Waals surface area (Å²) in [6.45, 7) is 5.89. The Hall–Kier alpha value is -1.18. The van der Waals surface area contributed by atoms with E-state index < -0.39 is 0 Å². The van der Waals surface area contributed by atoms with Gasteiger partial charge in [0.05, 0.1) is 20.8 Å². The number of halogens is 1. The molecular formula is C19H30IN3O2. The number of nitrogens with one attached hydrogen (secondary N) is 1. The van der Waals surface area contributed by atoms with Crippen LogP contribution in [0.1, 0.15) is 38.2 Å². The zero-order valence-electron chi connectivity index (χ0n) is 15.5. The fourth-order valence-electron chi connectivity index (χ4n) is 3.77. The number of benzene rings is 1. The third-order valence-electron chi connectivity index (χ3n) is 5.38. The Kier molecular flexibility index (Phi) is 7.22. The summed E-state index contributed by atoms with van der Waals surface area (Å²) in [7, 11) is 3.35. The van der Waals surface area contributed by atoms with E-state index in [0.29, 0.717) is 12.0 Å². The lowest BCUT2D eigenvalue weighted by molar-refractivity contribution is 0.151. The minimum atomic E-state index is 0. The molecule has 0 atom stereocenters. The van der Waals surface area contributed by atoms with Gasteiger partial charge in [-0.15, -0.1) is 24.0 Å². The first kappa shape index (κ1) is 20.1. The van der Waals surface area contributed by atoms with Gasteiger partial charge in [0, 0.05) is 31.3 Å². The van der Waals surface area contributed by atoms with E-state index in [4.69, 9.17) is 14.5 Å². The van der Waals surface area contributed by atoms with Gasteiger partial charge in [0.25, 0.3) is 0 Å².